The molecule has 0 aliphatic carbocycles. The van der Waals surface area contributed by atoms with Gasteiger partial charge in [0.05, 0.1) is 6.10 Å². The van der Waals surface area contributed by atoms with E-state index in [4.69, 9.17) is 16.3 Å². The lowest BCUT2D eigenvalue weighted by Gasteiger charge is -2.15. The van der Waals surface area contributed by atoms with Crippen molar-refractivity contribution < 1.29 is 9.84 Å². The number of halogens is 1. The summed E-state index contributed by atoms with van der Waals surface area (Å²) >= 11 is 5.96. The summed E-state index contributed by atoms with van der Waals surface area (Å²) < 4.78 is 6.15. The fraction of sp³-hybridized carbons (Fsp3) is 0.304. The van der Waals surface area contributed by atoms with Crippen molar-refractivity contribution in [3.63, 3.8) is 0 Å². The van der Waals surface area contributed by atoms with Crippen LogP contribution in [0.3, 0.4) is 0 Å². The quantitative estimate of drug-likeness (QED) is 0.449. The molecule has 4 nitrogen and oxygen atoms in total. The molecule has 3 aromatic rings. The van der Waals surface area contributed by atoms with Crippen LogP contribution in [0, 0.1) is 0 Å². The number of nitrogens with one attached hydrogen (secondary N) is 2. The summed E-state index contributed by atoms with van der Waals surface area (Å²) in [6.07, 6.45) is -0.328. The third kappa shape index (κ3) is 5.94. The summed E-state index contributed by atoms with van der Waals surface area (Å²) in [5.41, 5.74) is 2.24. The fourth-order valence-corrected chi connectivity index (χ4v) is 3.20. The molecule has 0 unspecified atom stereocenters. The van der Waals surface area contributed by atoms with Gasteiger partial charge in [-0.05, 0) is 41.5 Å². The topological polar surface area (TPSA) is 53.5 Å². The van der Waals surface area contributed by atoms with Gasteiger partial charge in [0.15, 0.2) is 0 Å². The van der Waals surface area contributed by atoms with E-state index < -0.39 is 0 Å². The summed E-state index contributed by atoms with van der Waals surface area (Å²) in [6, 6.07) is 20.2. The van der Waals surface area contributed by atoms with Crippen molar-refractivity contribution in [2.45, 2.75) is 26.2 Å². The number of aliphatic hydroxyl groups excluding tert-OH is 1. The Morgan fingerprint density at radius 3 is 2.50 bits per heavy atom. The first-order valence-corrected chi connectivity index (χ1v) is 9.98. The van der Waals surface area contributed by atoms with E-state index in [9.17, 15) is 5.11 Å². The minimum absolute atomic E-state index is 0.328. The zero-order valence-electron chi connectivity index (χ0n) is 16.1. The highest BCUT2D eigenvalue weighted by Gasteiger charge is 2.09. The lowest BCUT2D eigenvalue weighted by molar-refractivity contribution is 0.191. The third-order valence-electron chi connectivity index (χ3n) is 4.53. The highest BCUT2D eigenvalue weighted by molar-refractivity contribution is 6.30. The van der Waals surface area contributed by atoms with E-state index in [-0.39, 0.29) is 6.10 Å². The number of hydrogen-bond donors (Lipinski definition) is 3. The molecule has 3 aromatic carbocycles. The number of hydrogen-bond acceptors (Lipinski definition) is 4. The highest BCUT2D eigenvalue weighted by Crippen LogP contribution is 2.29. The van der Waals surface area contributed by atoms with Gasteiger partial charge in [-0.1, -0.05) is 54.1 Å². The SMILES string of the molecule is C[C@@H](O)CNCCNCc1c(OCc2ccc(Cl)cc2)ccc2ccccc12. The number of ether oxygens (including phenoxy) is 1. The molecule has 3 rings (SSSR count). The van der Waals surface area contributed by atoms with Crippen molar-refractivity contribution in [2.75, 3.05) is 19.6 Å². The Morgan fingerprint density at radius 1 is 0.964 bits per heavy atom. The molecule has 0 aliphatic heterocycles. The maximum atomic E-state index is 9.30. The zero-order chi connectivity index (χ0) is 19.8. The summed E-state index contributed by atoms with van der Waals surface area (Å²) in [6.45, 7) is 5.21. The van der Waals surface area contributed by atoms with Gasteiger partial charge in [-0.3, -0.25) is 0 Å². The fourth-order valence-electron chi connectivity index (χ4n) is 3.08. The molecule has 148 valence electrons. The van der Waals surface area contributed by atoms with E-state index in [0.717, 1.165) is 35.0 Å². The molecule has 5 heteroatoms. The first kappa shape index (κ1) is 20.6. The molecule has 0 amide bonds. The largest absolute Gasteiger partial charge is 0.489 e. The zero-order valence-corrected chi connectivity index (χ0v) is 16.9. The average Bonchev–Trinajstić information content (AvgIpc) is 2.70. The molecule has 0 fully saturated rings. The maximum absolute atomic E-state index is 9.30. The summed E-state index contributed by atoms with van der Waals surface area (Å²) in [7, 11) is 0. The standard InChI is InChI=1S/C23H27ClN2O2/c1-17(27)14-25-12-13-26-15-22-21-5-3-2-4-19(21)8-11-23(22)28-16-18-6-9-20(24)10-7-18/h2-11,17,25-27H,12-16H2,1H3/t17-/m1/s1. The van der Waals surface area contributed by atoms with Gasteiger partial charge in [-0.2, -0.15) is 0 Å². The van der Waals surface area contributed by atoms with E-state index in [2.05, 4.69) is 34.9 Å². The van der Waals surface area contributed by atoms with E-state index in [1.807, 2.05) is 36.4 Å². The smallest absolute Gasteiger partial charge is 0.124 e. The van der Waals surface area contributed by atoms with Crippen molar-refractivity contribution in [1.29, 1.82) is 0 Å². The molecule has 0 saturated carbocycles. The van der Waals surface area contributed by atoms with Crippen LogP contribution in [0.4, 0.5) is 0 Å². The Balaban J connectivity index is 1.68. The third-order valence-corrected chi connectivity index (χ3v) is 4.78. The van der Waals surface area contributed by atoms with Crippen LogP contribution in [0.1, 0.15) is 18.1 Å². The lowest BCUT2D eigenvalue weighted by Crippen LogP contribution is -2.31. The van der Waals surface area contributed by atoms with Gasteiger partial charge in [-0.25, -0.2) is 0 Å². The van der Waals surface area contributed by atoms with Gasteiger partial charge in [0.2, 0.25) is 0 Å². The van der Waals surface area contributed by atoms with Gasteiger partial charge in [0.25, 0.3) is 0 Å². The van der Waals surface area contributed by atoms with Crippen molar-refractivity contribution in [3.05, 3.63) is 76.8 Å². The molecular formula is C23H27ClN2O2. The monoisotopic (exact) mass is 398 g/mol. The van der Waals surface area contributed by atoms with Crippen LogP contribution in [-0.4, -0.2) is 30.8 Å². The van der Waals surface area contributed by atoms with Gasteiger partial charge in [-0.15, -0.1) is 0 Å². The van der Waals surface area contributed by atoms with E-state index in [0.29, 0.717) is 19.7 Å². The molecule has 0 spiro atoms. The second-order valence-corrected chi connectivity index (χ2v) is 7.34. The second-order valence-electron chi connectivity index (χ2n) is 6.91. The van der Waals surface area contributed by atoms with Crippen LogP contribution in [0.2, 0.25) is 5.02 Å². The Bertz CT molecular complexity index is 881. The van der Waals surface area contributed by atoms with Crippen LogP contribution in [0.5, 0.6) is 5.75 Å². The summed E-state index contributed by atoms with van der Waals surface area (Å²) in [4.78, 5) is 0. The highest BCUT2D eigenvalue weighted by atomic mass is 35.5. The van der Waals surface area contributed by atoms with Crippen LogP contribution in [0.15, 0.2) is 60.7 Å². The van der Waals surface area contributed by atoms with Crippen molar-refractivity contribution >= 4 is 22.4 Å². The minimum atomic E-state index is -0.328. The second kappa shape index (κ2) is 10.4. The summed E-state index contributed by atoms with van der Waals surface area (Å²) in [5.74, 6) is 0.887. The Kier molecular flexibility index (Phi) is 7.69. The van der Waals surface area contributed by atoms with E-state index >= 15 is 0 Å². The minimum Gasteiger partial charge on any atom is -0.489 e. The molecule has 0 heterocycles. The van der Waals surface area contributed by atoms with Crippen molar-refractivity contribution in [2.24, 2.45) is 0 Å². The van der Waals surface area contributed by atoms with Crippen LogP contribution in [0.25, 0.3) is 10.8 Å². The predicted molar refractivity (Wildman–Crippen MR) is 116 cm³/mol. The molecule has 0 radical (unpaired) electrons. The molecule has 0 bridgehead atoms. The van der Waals surface area contributed by atoms with Gasteiger partial charge < -0.3 is 20.5 Å². The van der Waals surface area contributed by atoms with Crippen molar-refractivity contribution in [3.8, 4) is 5.75 Å². The molecular weight excluding hydrogens is 372 g/mol. The number of rotatable bonds is 10. The maximum Gasteiger partial charge on any atom is 0.124 e. The first-order valence-electron chi connectivity index (χ1n) is 9.61. The van der Waals surface area contributed by atoms with Crippen LogP contribution in [-0.2, 0) is 13.2 Å². The number of fused-ring (bicyclic) bond motifs is 1. The van der Waals surface area contributed by atoms with Crippen molar-refractivity contribution in [1.82, 2.24) is 10.6 Å². The Hall–Kier alpha value is -2.11. The first-order chi connectivity index (χ1) is 13.6. The summed E-state index contributed by atoms with van der Waals surface area (Å²) in [5, 5.41) is 19.1. The van der Waals surface area contributed by atoms with Gasteiger partial charge >= 0.3 is 0 Å². The molecule has 28 heavy (non-hydrogen) atoms. The Morgan fingerprint density at radius 2 is 1.71 bits per heavy atom. The molecule has 0 aromatic heterocycles. The molecule has 0 aliphatic rings. The predicted octanol–water partition coefficient (Wildman–Crippen LogP) is 4.13. The Labute approximate surface area is 171 Å². The number of aliphatic hydroxyl groups is 1. The molecule has 0 saturated heterocycles. The van der Waals surface area contributed by atoms with E-state index in [1.54, 1.807) is 6.92 Å². The van der Waals surface area contributed by atoms with Gasteiger partial charge in [0, 0.05) is 36.8 Å². The molecule has 3 N–H and O–H groups in total. The van der Waals surface area contributed by atoms with Crippen LogP contribution < -0.4 is 15.4 Å². The van der Waals surface area contributed by atoms with Crippen LogP contribution >= 0.6 is 11.6 Å². The number of benzene rings is 3. The normalized spacial score (nSPS) is 12.2. The van der Waals surface area contributed by atoms with E-state index in [1.165, 1.54) is 10.8 Å². The lowest BCUT2D eigenvalue weighted by atomic mass is 10.0. The average molecular weight is 399 g/mol. The molecule has 1 atom stereocenters. The van der Waals surface area contributed by atoms with Gasteiger partial charge in [0.1, 0.15) is 12.4 Å².